The Morgan fingerprint density at radius 3 is 2.50 bits per heavy atom. The maximum atomic E-state index is 12.3. The molecule has 0 fully saturated rings. The zero-order valence-electron chi connectivity index (χ0n) is 12.9. The van der Waals surface area contributed by atoms with Crippen LogP contribution in [0.4, 0.5) is 0 Å². The summed E-state index contributed by atoms with van der Waals surface area (Å²) in [5.41, 5.74) is 0.715. The van der Waals surface area contributed by atoms with Crippen molar-refractivity contribution < 1.29 is 4.79 Å². The molecule has 1 rings (SSSR count). The zero-order chi connectivity index (χ0) is 15.4. The second-order valence-corrected chi connectivity index (χ2v) is 8.39. The Balaban J connectivity index is 2.67. The van der Waals surface area contributed by atoms with E-state index in [0.717, 1.165) is 23.9 Å². The van der Waals surface area contributed by atoms with Gasteiger partial charge in [0, 0.05) is 17.3 Å². The smallest absolute Gasteiger partial charge is 0.264 e. The number of nitrogens with zero attached hydrogens (tertiary/aromatic N) is 2. The predicted octanol–water partition coefficient (Wildman–Crippen LogP) is 3.77. The molecule has 0 aromatic carbocycles. The number of hydrogen-bond acceptors (Lipinski definition) is 4. The molecule has 0 saturated carbocycles. The molecule has 20 heavy (non-hydrogen) atoms. The van der Waals surface area contributed by atoms with Gasteiger partial charge in [0.2, 0.25) is 0 Å². The highest BCUT2D eigenvalue weighted by atomic mass is 79.9. The van der Waals surface area contributed by atoms with Gasteiger partial charge in [0.25, 0.3) is 5.91 Å². The zero-order valence-corrected chi connectivity index (χ0v) is 15.3. The van der Waals surface area contributed by atoms with Crippen molar-refractivity contribution in [2.45, 2.75) is 52.9 Å². The molecule has 1 amide bonds. The molecule has 1 heterocycles. The van der Waals surface area contributed by atoms with Crippen molar-refractivity contribution in [1.29, 1.82) is 0 Å². The van der Waals surface area contributed by atoms with Crippen LogP contribution >= 0.6 is 27.5 Å². The summed E-state index contributed by atoms with van der Waals surface area (Å²) in [4.78, 5) is 12.9. The van der Waals surface area contributed by atoms with Gasteiger partial charge in [-0.05, 0) is 29.8 Å². The van der Waals surface area contributed by atoms with E-state index in [9.17, 15) is 4.79 Å². The Morgan fingerprint density at radius 1 is 1.30 bits per heavy atom. The van der Waals surface area contributed by atoms with Gasteiger partial charge < -0.3 is 5.32 Å². The molecule has 4 nitrogen and oxygen atoms in total. The minimum absolute atomic E-state index is 0.0585. The SMILES string of the molecule is CC(C)(CCCBr)CNC(=O)c1snnc1C(C)(C)C. The second kappa shape index (κ2) is 6.98. The van der Waals surface area contributed by atoms with E-state index in [2.05, 4.69) is 44.7 Å². The van der Waals surface area contributed by atoms with Gasteiger partial charge in [-0.15, -0.1) is 5.10 Å². The third-order valence-electron chi connectivity index (χ3n) is 3.12. The van der Waals surface area contributed by atoms with Crippen LogP contribution in [0.5, 0.6) is 0 Å². The summed E-state index contributed by atoms with van der Waals surface area (Å²) in [6, 6.07) is 0. The Morgan fingerprint density at radius 2 is 1.95 bits per heavy atom. The minimum atomic E-state index is -0.162. The molecular formula is C14H24BrN3OS. The Bertz CT molecular complexity index is 452. The number of rotatable bonds is 6. The molecule has 0 aliphatic carbocycles. The molecule has 0 unspecified atom stereocenters. The lowest BCUT2D eigenvalue weighted by atomic mass is 9.88. The summed E-state index contributed by atoms with van der Waals surface area (Å²) < 4.78 is 3.93. The van der Waals surface area contributed by atoms with E-state index < -0.39 is 0 Å². The highest BCUT2D eigenvalue weighted by Crippen LogP contribution is 2.26. The van der Waals surface area contributed by atoms with Gasteiger partial charge in [0.1, 0.15) is 4.88 Å². The van der Waals surface area contributed by atoms with Crippen LogP contribution in [0.15, 0.2) is 0 Å². The maximum Gasteiger partial charge on any atom is 0.264 e. The van der Waals surface area contributed by atoms with Crippen molar-refractivity contribution in [3.63, 3.8) is 0 Å². The van der Waals surface area contributed by atoms with E-state index in [-0.39, 0.29) is 16.7 Å². The molecule has 0 radical (unpaired) electrons. The van der Waals surface area contributed by atoms with Crippen LogP contribution < -0.4 is 5.32 Å². The van der Waals surface area contributed by atoms with Crippen molar-refractivity contribution in [2.24, 2.45) is 5.41 Å². The summed E-state index contributed by atoms with van der Waals surface area (Å²) >= 11 is 4.62. The quantitative estimate of drug-likeness (QED) is 0.784. The third-order valence-corrected chi connectivity index (χ3v) is 4.40. The molecule has 1 aromatic heterocycles. The number of carbonyl (C=O) groups is 1. The summed E-state index contributed by atoms with van der Waals surface area (Å²) in [6.45, 7) is 11.1. The van der Waals surface area contributed by atoms with Crippen LogP contribution in [0, 0.1) is 5.41 Å². The van der Waals surface area contributed by atoms with Crippen molar-refractivity contribution in [3.8, 4) is 0 Å². The number of carbonyl (C=O) groups excluding carboxylic acids is 1. The van der Waals surface area contributed by atoms with E-state index in [1.54, 1.807) is 0 Å². The largest absolute Gasteiger partial charge is 0.351 e. The van der Waals surface area contributed by atoms with Crippen molar-refractivity contribution in [3.05, 3.63) is 10.6 Å². The van der Waals surface area contributed by atoms with Crippen molar-refractivity contribution in [1.82, 2.24) is 14.9 Å². The normalized spacial score (nSPS) is 12.5. The van der Waals surface area contributed by atoms with E-state index in [1.165, 1.54) is 11.5 Å². The Kier molecular flexibility index (Phi) is 6.13. The summed E-state index contributed by atoms with van der Waals surface area (Å²) in [6.07, 6.45) is 2.18. The number of amides is 1. The predicted molar refractivity (Wildman–Crippen MR) is 87.8 cm³/mol. The summed E-state index contributed by atoms with van der Waals surface area (Å²) in [5.74, 6) is -0.0585. The van der Waals surface area contributed by atoms with E-state index in [0.29, 0.717) is 11.4 Å². The first kappa shape index (κ1) is 17.6. The third kappa shape index (κ3) is 5.13. The number of aromatic nitrogens is 2. The van der Waals surface area contributed by atoms with Gasteiger partial charge in [-0.3, -0.25) is 4.79 Å². The maximum absolute atomic E-state index is 12.3. The number of halogens is 1. The standard InChI is InChI=1S/C14H24BrN3OS/c1-13(2,3)11-10(20-18-17-11)12(19)16-9-14(4,5)7-6-8-15/h6-9H2,1-5H3,(H,16,19). The lowest BCUT2D eigenvalue weighted by molar-refractivity contribution is 0.0936. The number of hydrogen-bond donors (Lipinski definition) is 1. The minimum Gasteiger partial charge on any atom is -0.351 e. The number of alkyl halides is 1. The first-order valence-electron chi connectivity index (χ1n) is 6.84. The molecule has 114 valence electrons. The van der Waals surface area contributed by atoms with Crippen LogP contribution in [0.25, 0.3) is 0 Å². The molecule has 0 aliphatic heterocycles. The average Bonchev–Trinajstić information content (AvgIpc) is 2.82. The fourth-order valence-electron chi connectivity index (χ4n) is 1.86. The average molecular weight is 362 g/mol. The van der Waals surface area contributed by atoms with Gasteiger partial charge in [-0.2, -0.15) is 0 Å². The van der Waals surface area contributed by atoms with E-state index in [1.807, 2.05) is 20.8 Å². The molecule has 0 bridgehead atoms. The summed E-state index contributed by atoms with van der Waals surface area (Å²) in [7, 11) is 0. The highest BCUT2D eigenvalue weighted by molar-refractivity contribution is 9.09. The van der Waals surface area contributed by atoms with Gasteiger partial charge in [-0.1, -0.05) is 55.0 Å². The molecule has 0 atom stereocenters. The van der Waals surface area contributed by atoms with E-state index in [4.69, 9.17) is 0 Å². The number of nitrogens with one attached hydrogen (secondary N) is 1. The van der Waals surface area contributed by atoms with Gasteiger partial charge >= 0.3 is 0 Å². The fourth-order valence-corrected chi connectivity index (χ4v) is 2.94. The van der Waals surface area contributed by atoms with Crippen LogP contribution in [0.2, 0.25) is 0 Å². The molecule has 1 aromatic rings. The molecule has 6 heteroatoms. The molecule has 1 N–H and O–H groups in total. The Labute approximate surface area is 134 Å². The molecule has 0 aliphatic rings. The van der Waals surface area contributed by atoms with Crippen LogP contribution in [0.3, 0.4) is 0 Å². The lowest BCUT2D eigenvalue weighted by Gasteiger charge is -2.24. The van der Waals surface area contributed by atoms with Gasteiger partial charge in [0.15, 0.2) is 0 Å². The van der Waals surface area contributed by atoms with Gasteiger partial charge in [-0.25, -0.2) is 0 Å². The molecule has 0 saturated heterocycles. The Hall–Kier alpha value is -0.490. The van der Waals surface area contributed by atoms with Crippen LogP contribution in [-0.4, -0.2) is 27.4 Å². The second-order valence-electron chi connectivity index (χ2n) is 6.84. The first-order chi connectivity index (χ1) is 9.17. The summed E-state index contributed by atoms with van der Waals surface area (Å²) in [5, 5.41) is 8.12. The van der Waals surface area contributed by atoms with Crippen molar-refractivity contribution >= 4 is 33.4 Å². The molecule has 0 spiro atoms. The fraction of sp³-hybridized carbons (Fsp3) is 0.786. The first-order valence-corrected chi connectivity index (χ1v) is 8.74. The topological polar surface area (TPSA) is 54.9 Å². The monoisotopic (exact) mass is 361 g/mol. The molecular weight excluding hydrogens is 338 g/mol. The van der Waals surface area contributed by atoms with Crippen LogP contribution in [0.1, 0.15) is 62.8 Å². The lowest BCUT2D eigenvalue weighted by Crippen LogP contribution is -2.34. The van der Waals surface area contributed by atoms with E-state index >= 15 is 0 Å². The van der Waals surface area contributed by atoms with Crippen molar-refractivity contribution in [2.75, 3.05) is 11.9 Å². The highest BCUT2D eigenvalue weighted by Gasteiger charge is 2.27. The van der Waals surface area contributed by atoms with Crippen LogP contribution in [-0.2, 0) is 5.41 Å². The van der Waals surface area contributed by atoms with Gasteiger partial charge in [0.05, 0.1) is 5.69 Å².